The highest BCUT2D eigenvalue weighted by atomic mass is 127. The topological polar surface area (TPSA) is 65.3 Å². The van der Waals surface area contributed by atoms with Crippen LogP contribution in [0.4, 0.5) is 5.82 Å². The Hall–Kier alpha value is -2.20. The van der Waals surface area contributed by atoms with Crippen LogP contribution in [0.1, 0.15) is 0 Å². The summed E-state index contributed by atoms with van der Waals surface area (Å²) in [4.78, 5) is 20.6. The number of hydrogen-bond donors (Lipinski definition) is 0. The normalized spacial score (nSPS) is 13.9. The van der Waals surface area contributed by atoms with Gasteiger partial charge in [0.1, 0.15) is 18.8 Å². The lowest BCUT2D eigenvalue weighted by Crippen LogP contribution is -2.18. The fraction of sp³-hybridized carbons (Fsp3) is 0.133. The van der Waals surface area contributed by atoms with Crippen LogP contribution in [-0.4, -0.2) is 33.4 Å². The molecule has 7 nitrogen and oxygen atoms in total. The minimum absolute atomic E-state index is 0.426. The molecular weight excluding hydrogens is 409 g/mol. The van der Waals surface area contributed by atoms with E-state index in [9.17, 15) is 0 Å². The van der Waals surface area contributed by atoms with E-state index < -0.39 is 0 Å². The number of anilines is 1. The number of aromatic nitrogens is 4. The summed E-state index contributed by atoms with van der Waals surface area (Å²) in [5.74, 6) is 1.32. The monoisotopic (exact) mass is 421 g/mol. The molecule has 0 unspecified atom stereocenters. The molecule has 0 bridgehead atoms. The van der Waals surface area contributed by atoms with Gasteiger partial charge < -0.3 is 4.89 Å². The summed E-state index contributed by atoms with van der Waals surface area (Å²) in [7, 11) is 1.87. The molecule has 1 aromatic carbocycles. The van der Waals surface area contributed by atoms with Gasteiger partial charge >= 0.3 is 0 Å². The van der Waals surface area contributed by atoms with Crippen LogP contribution >= 0.6 is 22.6 Å². The predicted molar refractivity (Wildman–Crippen MR) is 92.9 cm³/mol. The standard InChI is InChI=1S/C15H12IN5O2/c1-20(13-5-6-22-23-13)14-12-8-19-21(15(12)18-9-17-14)11-4-2-3-10(16)7-11/h2-5,7-9H,6H2,1H3. The smallest absolute Gasteiger partial charge is 0.236 e. The molecule has 3 heterocycles. The van der Waals surface area contributed by atoms with Crippen molar-refractivity contribution in [2.45, 2.75) is 0 Å². The molecule has 4 rings (SSSR count). The average Bonchev–Trinajstić information content (AvgIpc) is 3.23. The van der Waals surface area contributed by atoms with Crippen LogP contribution in [0.2, 0.25) is 0 Å². The van der Waals surface area contributed by atoms with Gasteiger partial charge in [-0.3, -0.25) is 4.90 Å². The SMILES string of the molecule is CN(C1=CCOO1)c1ncnc2c1cnn2-c1cccc(I)c1. The molecule has 0 spiro atoms. The van der Waals surface area contributed by atoms with Crippen molar-refractivity contribution in [3.05, 3.63) is 52.3 Å². The second-order valence-electron chi connectivity index (χ2n) is 4.94. The van der Waals surface area contributed by atoms with Gasteiger partial charge in [-0.2, -0.15) is 9.99 Å². The predicted octanol–water partition coefficient (Wildman–Crippen LogP) is 2.66. The minimum Gasteiger partial charge on any atom is -0.319 e. The quantitative estimate of drug-likeness (QED) is 0.479. The van der Waals surface area contributed by atoms with Crippen LogP contribution in [0.3, 0.4) is 0 Å². The average molecular weight is 421 g/mol. The Balaban J connectivity index is 1.83. The van der Waals surface area contributed by atoms with Crippen LogP contribution in [0.15, 0.2) is 48.7 Å². The Labute approximate surface area is 145 Å². The third kappa shape index (κ3) is 2.53. The molecule has 0 fully saturated rings. The summed E-state index contributed by atoms with van der Waals surface area (Å²) in [6.45, 7) is 0.426. The molecule has 0 amide bonds. The number of fused-ring (bicyclic) bond motifs is 1. The van der Waals surface area contributed by atoms with Crippen molar-refractivity contribution in [3.8, 4) is 5.69 Å². The first-order chi connectivity index (χ1) is 11.2. The maximum absolute atomic E-state index is 5.12. The zero-order chi connectivity index (χ0) is 15.8. The van der Waals surface area contributed by atoms with E-state index in [0.29, 0.717) is 18.3 Å². The fourth-order valence-electron chi connectivity index (χ4n) is 2.43. The van der Waals surface area contributed by atoms with Gasteiger partial charge in [0.15, 0.2) is 5.65 Å². The van der Waals surface area contributed by atoms with Gasteiger partial charge in [0.25, 0.3) is 0 Å². The van der Waals surface area contributed by atoms with E-state index in [1.54, 1.807) is 10.9 Å². The molecule has 1 aliphatic rings. The molecule has 0 aliphatic carbocycles. The lowest BCUT2D eigenvalue weighted by molar-refractivity contribution is -0.234. The van der Waals surface area contributed by atoms with E-state index in [0.717, 1.165) is 20.3 Å². The summed E-state index contributed by atoms with van der Waals surface area (Å²) in [6.07, 6.45) is 5.13. The van der Waals surface area contributed by atoms with Gasteiger partial charge in [0.05, 0.1) is 17.3 Å². The summed E-state index contributed by atoms with van der Waals surface area (Å²) in [5.41, 5.74) is 1.70. The maximum atomic E-state index is 5.12. The molecule has 0 radical (unpaired) electrons. The maximum Gasteiger partial charge on any atom is 0.236 e. The third-order valence-corrected chi connectivity index (χ3v) is 4.19. The lowest BCUT2D eigenvalue weighted by Gasteiger charge is -2.17. The van der Waals surface area contributed by atoms with E-state index in [1.165, 1.54) is 6.33 Å². The molecular formula is C15H12IN5O2. The molecule has 0 atom stereocenters. The van der Waals surface area contributed by atoms with Crippen LogP contribution in [0.25, 0.3) is 16.7 Å². The Bertz CT molecular complexity index is 908. The van der Waals surface area contributed by atoms with Crippen LogP contribution < -0.4 is 4.90 Å². The number of rotatable bonds is 3. The molecule has 1 aliphatic heterocycles. The number of hydrogen-bond acceptors (Lipinski definition) is 6. The third-order valence-electron chi connectivity index (χ3n) is 3.52. The number of halogens is 1. The fourth-order valence-corrected chi connectivity index (χ4v) is 2.95. The van der Waals surface area contributed by atoms with Gasteiger partial charge in [-0.1, -0.05) is 6.07 Å². The molecule has 0 N–H and O–H groups in total. The number of nitrogens with zero attached hydrogens (tertiary/aromatic N) is 5. The highest BCUT2D eigenvalue weighted by Crippen LogP contribution is 2.27. The van der Waals surface area contributed by atoms with Crippen molar-refractivity contribution in [2.24, 2.45) is 0 Å². The van der Waals surface area contributed by atoms with Crippen LogP contribution in [0.5, 0.6) is 0 Å². The van der Waals surface area contributed by atoms with Crippen LogP contribution in [0, 0.1) is 3.57 Å². The molecule has 2 aromatic heterocycles. The molecule has 0 saturated carbocycles. The molecule has 3 aromatic rings. The van der Waals surface area contributed by atoms with Crippen molar-refractivity contribution < 1.29 is 9.78 Å². The lowest BCUT2D eigenvalue weighted by atomic mass is 10.3. The van der Waals surface area contributed by atoms with Gasteiger partial charge in [-0.05, 0) is 40.8 Å². The highest BCUT2D eigenvalue weighted by molar-refractivity contribution is 14.1. The first-order valence-electron chi connectivity index (χ1n) is 6.92. The minimum atomic E-state index is 0.426. The first kappa shape index (κ1) is 14.4. The highest BCUT2D eigenvalue weighted by Gasteiger charge is 2.20. The summed E-state index contributed by atoms with van der Waals surface area (Å²) in [6, 6.07) is 8.08. The van der Waals surface area contributed by atoms with Gasteiger partial charge in [-0.25, -0.2) is 14.6 Å². The van der Waals surface area contributed by atoms with E-state index in [2.05, 4.69) is 43.7 Å². The summed E-state index contributed by atoms with van der Waals surface area (Å²) < 4.78 is 2.94. The van der Waals surface area contributed by atoms with Gasteiger partial charge in [0.2, 0.25) is 5.88 Å². The molecule has 8 heteroatoms. The van der Waals surface area contributed by atoms with E-state index in [1.807, 2.05) is 36.2 Å². The van der Waals surface area contributed by atoms with Crippen LogP contribution in [-0.2, 0) is 9.78 Å². The van der Waals surface area contributed by atoms with Crippen molar-refractivity contribution in [1.82, 2.24) is 19.7 Å². The Kier molecular flexibility index (Phi) is 3.62. The van der Waals surface area contributed by atoms with E-state index >= 15 is 0 Å². The number of benzene rings is 1. The van der Waals surface area contributed by atoms with Crippen molar-refractivity contribution in [3.63, 3.8) is 0 Å². The largest absolute Gasteiger partial charge is 0.319 e. The molecule has 116 valence electrons. The van der Waals surface area contributed by atoms with Gasteiger partial charge in [-0.15, -0.1) is 0 Å². The first-order valence-corrected chi connectivity index (χ1v) is 8.00. The molecule has 0 saturated heterocycles. The van der Waals surface area contributed by atoms with Crippen molar-refractivity contribution in [2.75, 3.05) is 18.6 Å². The van der Waals surface area contributed by atoms with Crippen molar-refractivity contribution in [1.29, 1.82) is 0 Å². The van der Waals surface area contributed by atoms with E-state index in [4.69, 9.17) is 9.78 Å². The van der Waals surface area contributed by atoms with Crippen molar-refractivity contribution >= 4 is 39.4 Å². The Morgan fingerprint density at radius 1 is 1.30 bits per heavy atom. The summed E-state index contributed by atoms with van der Waals surface area (Å²) >= 11 is 2.28. The van der Waals surface area contributed by atoms with Gasteiger partial charge in [0, 0.05) is 16.7 Å². The Morgan fingerprint density at radius 3 is 3.00 bits per heavy atom. The second kappa shape index (κ2) is 5.78. The molecule has 23 heavy (non-hydrogen) atoms. The summed E-state index contributed by atoms with van der Waals surface area (Å²) in [5, 5.41) is 5.31. The second-order valence-corrected chi connectivity index (χ2v) is 6.19. The zero-order valence-electron chi connectivity index (χ0n) is 12.2. The zero-order valence-corrected chi connectivity index (χ0v) is 14.3. The van der Waals surface area contributed by atoms with E-state index in [-0.39, 0.29) is 0 Å². The Morgan fingerprint density at radius 2 is 2.22 bits per heavy atom.